The molecule has 4 aromatic rings. The molecule has 0 amide bonds. The molecular weight excluding hydrogens is 326 g/mol. The normalized spacial score (nSPS) is 11.0. The highest BCUT2D eigenvalue weighted by atomic mass is 32.2. The van der Waals surface area contributed by atoms with E-state index in [2.05, 4.69) is 41.6 Å². The van der Waals surface area contributed by atoms with Crippen LogP contribution in [0, 0.1) is 6.92 Å². The molecule has 3 nitrogen and oxygen atoms in total. The molecule has 4 rings (SSSR count). The van der Waals surface area contributed by atoms with Gasteiger partial charge in [0.1, 0.15) is 5.69 Å². The number of nitrogens with zero attached hydrogens (tertiary/aromatic N) is 3. The maximum absolute atomic E-state index is 4.90. The minimum atomic E-state index is 0.660. The van der Waals surface area contributed by atoms with Gasteiger partial charge in [-0.3, -0.25) is 0 Å². The third-order valence-corrected chi connectivity index (χ3v) is 4.88. The molecule has 0 aliphatic rings. The zero-order chi connectivity index (χ0) is 17.2. The molecule has 0 saturated heterocycles. The number of hydrogen-bond acceptors (Lipinski definition) is 4. The van der Waals surface area contributed by atoms with E-state index in [0.717, 1.165) is 33.5 Å². The van der Waals surface area contributed by atoms with Crippen molar-refractivity contribution >= 4 is 22.7 Å². The molecule has 2 aromatic carbocycles. The molecule has 25 heavy (non-hydrogen) atoms. The van der Waals surface area contributed by atoms with Crippen molar-refractivity contribution in [1.29, 1.82) is 0 Å². The van der Waals surface area contributed by atoms with Crippen molar-refractivity contribution in [2.24, 2.45) is 0 Å². The summed E-state index contributed by atoms with van der Waals surface area (Å²) in [5, 5.41) is 1.06. The highest BCUT2D eigenvalue weighted by Crippen LogP contribution is 2.34. The number of aromatic nitrogens is 3. The summed E-state index contributed by atoms with van der Waals surface area (Å²) in [6.45, 7) is 1.98. The monoisotopic (exact) mass is 343 g/mol. The van der Waals surface area contributed by atoms with Crippen LogP contribution in [-0.2, 0) is 0 Å². The van der Waals surface area contributed by atoms with Gasteiger partial charge >= 0.3 is 0 Å². The number of thioether (sulfide) groups is 1. The van der Waals surface area contributed by atoms with Gasteiger partial charge in [0.15, 0.2) is 5.82 Å². The van der Waals surface area contributed by atoms with Gasteiger partial charge < -0.3 is 0 Å². The SMILES string of the molecule is CSc1ccccc1-c1nc(-c2cccc(C)n2)nc2ccccc12. The van der Waals surface area contributed by atoms with Crippen LogP contribution in [0.15, 0.2) is 71.6 Å². The first-order chi connectivity index (χ1) is 12.3. The standard InChI is InChI=1S/C21H17N3S/c1-14-8-7-12-18(22-14)21-23-17-11-5-3-9-15(17)20(24-21)16-10-4-6-13-19(16)25-2/h3-13H,1-2H3. The van der Waals surface area contributed by atoms with Gasteiger partial charge in [-0.2, -0.15) is 0 Å². The second kappa shape index (κ2) is 6.65. The van der Waals surface area contributed by atoms with Gasteiger partial charge in [-0.25, -0.2) is 15.0 Å². The zero-order valence-corrected chi connectivity index (χ0v) is 14.9. The van der Waals surface area contributed by atoms with E-state index in [1.165, 1.54) is 4.90 Å². The van der Waals surface area contributed by atoms with Gasteiger partial charge in [-0.1, -0.05) is 42.5 Å². The van der Waals surface area contributed by atoms with Crippen LogP contribution in [0.1, 0.15) is 5.69 Å². The number of aryl methyl sites for hydroxylation is 1. The van der Waals surface area contributed by atoms with Crippen LogP contribution in [0.25, 0.3) is 33.7 Å². The Balaban J connectivity index is 2.03. The van der Waals surface area contributed by atoms with Crippen LogP contribution in [0.5, 0.6) is 0 Å². The number of benzene rings is 2. The highest BCUT2D eigenvalue weighted by Gasteiger charge is 2.14. The summed E-state index contributed by atoms with van der Waals surface area (Å²) in [7, 11) is 0. The van der Waals surface area contributed by atoms with Gasteiger partial charge in [0.2, 0.25) is 0 Å². The smallest absolute Gasteiger partial charge is 0.179 e. The second-order valence-electron chi connectivity index (χ2n) is 5.78. The van der Waals surface area contributed by atoms with Crippen LogP contribution in [0.3, 0.4) is 0 Å². The molecule has 2 aromatic heterocycles. The molecule has 0 aliphatic carbocycles. The molecule has 0 spiro atoms. The van der Waals surface area contributed by atoms with E-state index >= 15 is 0 Å². The lowest BCUT2D eigenvalue weighted by Crippen LogP contribution is -1.98. The second-order valence-corrected chi connectivity index (χ2v) is 6.63. The predicted octanol–water partition coefficient (Wildman–Crippen LogP) is 5.39. The van der Waals surface area contributed by atoms with Crippen molar-refractivity contribution in [1.82, 2.24) is 15.0 Å². The van der Waals surface area contributed by atoms with Crippen LogP contribution in [0.4, 0.5) is 0 Å². The summed E-state index contributed by atoms with van der Waals surface area (Å²) in [6.07, 6.45) is 2.09. The first-order valence-corrected chi connectivity index (χ1v) is 9.33. The summed E-state index contributed by atoms with van der Waals surface area (Å²) in [5.74, 6) is 0.660. The molecule has 0 N–H and O–H groups in total. The van der Waals surface area contributed by atoms with E-state index in [-0.39, 0.29) is 0 Å². The minimum Gasteiger partial charge on any atom is -0.250 e. The molecule has 0 fully saturated rings. The zero-order valence-electron chi connectivity index (χ0n) is 14.1. The summed E-state index contributed by atoms with van der Waals surface area (Å²) in [5.41, 5.74) is 4.77. The molecular formula is C21H17N3S. The Labute approximate surface area is 151 Å². The van der Waals surface area contributed by atoms with Gasteiger partial charge in [0.25, 0.3) is 0 Å². The fraction of sp³-hybridized carbons (Fsp3) is 0.0952. The largest absolute Gasteiger partial charge is 0.250 e. The van der Waals surface area contributed by atoms with Gasteiger partial charge in [-0.15, -0.1) is 11.8 Å². The van der Waals surface area contributed by atoms with Crippen LogP contribution >= 0.6 is 11.8 Å². The Morgan fingerprint density at radius 2 is 1.56 bits per heavy atom. The van der Waals surface area contributed by atoms with Gasteiger partial charge in [-0.05, 0) is 37.4 Å². The van der Waals surface area contributed by atoms with E-state index in [4.69, 9.17) is 9.97 Å². The fourth-order valence-corrected chi connectivity index (χ4v) is 3.50. The molecule has 0 saturated carbocycles. The quantitative estimate of drug-likeness (QED) is 0.468. The molecule has 0 unspecified atom stereocenters. The average Bonchev–Trinajstić information content (AvgIpc) is 2.67. The van der Waals surface area contributed by atoms with Crippen molar-refractivity contribution < 1.29 is 0 Å². The van der Waals surface area contributed by atoms with Gasteiger partial charge in [0, 0.05) is 21.5 Å². The summed E-state index contributed by atoms with van der Waals surface area (Å²) >= 11 is 1.73. The van der Waals surface area contributed by atoms with Gasteiger partial charge in [0.05, 0.1) is 11.2 Å². The Morgan fingerprint density at radius 3 is 2.40 bits per heavy atom. The number of pyridine rings is 1. The van der Waals surface area contributed by atoms with Crippen LogP contribution in [-0.4, -0.2) is 21.2 Å². The molecule has 0 aliphatic heterocycles. The first kappa shape index (κ1) is 15.8. The van der Waals surface area contributed by atoms with Crippen molar-refractivity contribution in [3.8, 4) is 22.8 Å². The van der Waals surface area contributed by atoms with E-state index < -0.39 is 0 Å². The summed E-state index contributed by atoms with van der Waals surface area (Å²) < 4.78 is 0. The Bertz CT molecular complexity index is 1060. The maximum atomic E-state index is 4.90. The van der Waals surface area contributed by atoms with Crippen LogP contribution in [0.2, 0.25) is 0 Å². The third kappa shape index (κ3) is 3.01. The Morgan fingerprint density at radius 1 is 0.760 bits per heavy atom. The maximum Gasteiger partial charge on any atom is 0.179 e. The highest BCUT2D eigenvalue weighted by molar-refractivity contribution is 7.98. The fourth-order valence-electron chi connectivity index (χ4n) is 2.90. The average molecular weight is 343 g/mol. The van der Waals surface area contributed by atoms with Crippen LogP contribution < -0.4 is 0 Å². The number of hydrogen-bond donors (Lipinski definition) is 0. The molecule has 122 valence electrons. The van der Waals surface area contributed by atoms with E-state index in [9.17, 15) is 0 Å². The topological polar surface area (TPSA) is 38.7 Å². The molecule has 2 heterocycles. The summed E-state index contributed by atoms with van der Waals surface area (Å²) in [6, 6.07) is 22.4. The van der Waals surface area contributed by atoms with Crippen molar-refractivity contribution in [2.75, 3.05) is 6.26 Å². The third-order valence-electron chi connectivity index (χ3n) is 4.08. The number of fused-ring (bicyclic) bond motifs is 1. The van der Waals surface area contributed by atoms with Crippen molar-refractivity contribution in [2.45, 2.75) is 11.8 Å². The first-order valence-electron chi connectivity index (χ1n) is 8.10. The Kier molecular flexibility index (Phi) is 4.20. The van der Waals surface area contributed by atoms with E-state index in [1.807, 2.05) is 43.3 Å². The van der Waals surface area contributed by atoms with Crippen molar-refractivity contribution in [3.63, 3.8) is 0 Å². The van der Waals surface area contributed by atoms with E-state index in [1.54, 1.807) is 11.8 Å². The molecule has 0 bridgehead atoms. The molecule has 4 heteroatoms. The van der Waals surface area contributed by atoms with E-state index in [0.29, 0.717) is 5.82 Å². The summed E-state index contributed by atoms with van der Waals surface area (Å²) in [4.78, 5) is 15.5. The minimum absolute atomic E-state index is 0.660. The number of rotatable bonds is 3. The molecule has 0 radical (unpaired) electrons. The van der Waals surface area contributed by atoms with Crippen molar-refractivity contribution in [3.05, 3.63) is 72.4 Å². The Hall–Kier alpha value is -2.72. The lowest BCUT2D eigenvalue weighted by molar-refractivity contribution is 1.14. The molecule has 0 atom stereocenters. The predicted molar refractivity (Wildman–Crippen MR) is 105 cm³/mol. The lowest BCUT2D eigenvalue weighted by Gasteiger charge is -2.11. The number of para-hydroxylation sites is 1. The lowest BCUT2D eigenvalue weighted by atomic mass is 10.1.